The number of nitrogens with one attached hydrogen (secondary N) is 1. The van der Waals surface area contributed by atoms with Gasteiger partial charge in [-0.05, 0) is 42.6 Å². The summed E-state index contributed by atoms with van der Waals surface area (Å²) in [6, 6.07) is 2.44. The lowest BCUT2D eigenvalue weighted by molar-refractivity contribution is -0.384. The van der Waals surface area contributed by atoms with Crippen molar-refractivity contribution in [1.82, 2.24) is 4.90 Å². The van der Waals surface area contributed by atoms with E-state index in [4.69, 9.17) is 0 Å². The monoisotopic (exact) mass is 395 g/mol. The van der Waals surface area contributed by atoms with E-state index in [1.807, 2.05) is 6.92 Å². The van der Waals surface area contributed by atoms with Crippen molar-refractivity contribution in [1.29, 1.82) is 0 Å². The summed E-state index contributed by atoms with van der Waals surface area (Å²) < 4.78 is 13.8. The molecule has 1 rings (SSSR count). The molecule has 0 aromatic heterocycles. The molecule has 7 heteroatoms. The Morgan fingerprint density at radius 2 is 2.05 bits per heavy atom. The van der Waals surface area contributed by atoms with Gasteiger partial charge in [0.05, 0.1) is 8.49 Å². The molecule has 0 aliphatic rings. The van der Waals surface area contributed by atoms with E-state index in [-0.39, 0.29) is 21.0 Å². The van der Waals surface area contributed by atoms with Gasteiger partial charge in [0.2, 0.25) is 0 Å². The van der Waals surface area contributed by atoms with Crippen LogP contribution in [0.4, 0.5) is 15.8 Å². The predicted octanol–water partition coefficient (Wildman–Crippen LogP) is 3.48. The molecule has 0 bridgehead atoms. The van der Waals surface area contributed by atoms with Gasteiger partial charge in [0.1, 0.15) is 11.5 Å². The van der Waals surface area contributed by atoms with Crippen LogP contribution < -0.4 is 5.32 Å². The molecule has 1 unspecified atom stereocenters. The van der Waals surface area contributed by atoms with Gasteiger partial charge in [-0.3, -0.25) is 10.1 Å². The topological polar surface area (TPSA) is 58.4 Å². The lowest BCUT2D eigenvalue weighted by Crippen LogP contribution is -2.34. The number of likely N-dealkylation sites (N-methyl/N-ethyl adjacent to an activating group) is 1. The third-order valence-electron chi connectivity index (χ3n) is 3.06. The summed E-state index contributed by atoms with van der Waals surface area (Å²) in [5, 5.41) is 14.1. The fraction of sp³-hybridized carbons (Fsp3) is 0.538. The molecule has 0 aliphatic heterocycles. The maximum atomic E-state index is 13.6. The number of nitro groups is 1. The highest BCUT2D eigenvalue weighted by molar-refractivity contribution is 14.1. The summed E-state index contributed by atoms with van der Waals surface area (Å²) in [6.45, 7) is 8.61. The molecule has 1 aromatic rings. The normalized spacial score (nSPS) is 12.5. The number of rotatable bonds is 7. The van der Waals surface area contributed by atoms with Crippen LogP contribution >= 0.6 is 22.6 Å². The zero-order chi connectivity index (χ0) is 15.3. The van der Waals surface area contributed by atoms with Crippen LogP contribution in [0.5, 0.6) is 0 Å². The standard InChI is InChI=1S/C13H19FIN3O2/c1-4-17(5-2)8-9(3)16-12-6-10(14)11(15)7-13(12)18(19)20/h6-7,9,16H,4-5,8H2,1-3H3. The summed E-state index contributed by atoms with van der Waals surface area (Å²) in [7, 11) is 0. The van der Waals surface area contributed by atoms with E-state index in [1.165, 1.54) is 12.1 Å². The zero-order valence-electron chi connectivity index (χ0n) is 11.8. The Labute approximate surface area is 131 Å². The second kappa shape index (κ2) is 7.72. The number of hydrogen-bond acceptors (Lipinski definition) is 4. The van der Waals surface area contributed by atoms with E-state index in [2.05, 4.69) is 24.1 Å². The maximum absolute atomic E-state index is 13.6. The first kappa shape index (κ1) is 17.1. The van der Waals surface area contributed by atoms with Gasteiger partial charge >= 0.3 is 0 Å². The second-order valence-corrected chi connectivity index (χ2v) is 5.73. The lowest BCUT2D eigenvalue weighted by atomic mass is 10.2. The van der Waals surface area contributed by atoms with Crippen molar-refractivity contribution in [2.45, 2.75) is 26.8 Å². The van der Waals surface area contributed by atoms with Crippen LogP contribution in [-0.4, -0.2) is 35.5 Å². The molecule has 112 valence electrons. The SMILES string of the molecule is CCN(CC)CC(C)Nc1cc(F)c(I)cc1[N+](=O)[O-]. The molecular weight excluding hydrogens is 376 g/mol. The molecule has 1 atom stereocenters. The first-order chi connectivity index (χ1) is 9.38. The first-order valence-electron chi connectivity index (χ1n) is 6.51. The van der Waals surface area contributed by atoms with Gasteiger partial charge in [0.25, 0.3) is 5.69 Å². The Kier molecular flexibility index (Phi) is 6.60. The maximum Gasteiger partial charge on any atom is 0.293 e. The molecule has 5 nitrogen and oxygen atoms in total. The number of halogens is 2. The number of nitrogens with zero attached hydrogens (tertiary/aromatic N) is 2. The van der Waals surface area contributed by atoms with Crippen molar-refractivity contribution in [3.05, 3.63) is 31.6 Å². The van der Waals surface area contributed by atoms with Gasteiger partial charge in [-0.2, -0.15) is 0 Å². The first-order valence-corrected chi connectivity index (χ1v) is 7.59. The van der Waals surface area contributed by atoms with Gasteiger partial charge in [-0.15, -0.1) is 0 Å². The van der Waals surface area contributed by atoms with Gasteiger partial charge in [-0.25, -0.2) is 4.39 Å². The Morgan fingerprint density at radius 3 is 2.55 bits per heavy atom. The fourth-order valence-corrected chi connectivity index (χ4v) is 2.43. The van der Waals surface area contributed by atoms with Crippen LogP contribution in [0.25, 0.3) is 0 Å². The third kappa shape index (κ3) is 4.55. The number of benzene rings is 1. The molecule has 0 spiro atoms. The van der Waals surface area contributed by atoms with Crippen LogP contribution in [-0.2, 0) is 0 Å². The molecule has 0 amide bonds. The Bertz CT molecular complexity index is 481. The van der Waals surface area contributed by atoms with Gasteiger partial charge in [-0.1, -0.05) is 13.8 Å². The van der Waals surface area contributed by atoms with Crippen LogP contribution in [0.15, 0.2) is 12.1 Å². The summed E-state index contributed by atoms with van der Waals surface area (Å²) in [6.07, 6.45) is 0. The molecule has 0 radical (unpaired) electrons. The molecule has 0 fully saturated rings. The smallest absolute Gasteiger partial charge is 0.293 e. The molecular formula is C13H19FIN3O2. The van der Waals surface area contributed by atoms with Crippen molar-refractivity contribution in [3.63, 3.8) is 0 Å². The van der Waals surface area contributed by atoms with Crippen LogP contribution in [0, 0.1) is 19.5 Å². The summed E-state index contributed by atoms with van der Waals surface area (Å²) in [5.74, 6) is -0.450. The van der Waals surface area contributed by atoms with Crippen LogP contribution in [0.1, 0.15) is 20.8 Å². The van der Waals surface area contributed by atoms with Gasteiger partial charge in [0, 0.05) is 24.7 Å². The third-order valence-corrected chi connectivity index (χ3v) is 3.89. The Hall–Kier alpha value is -0.960. The van der Waals surface area contributed by atoms with E-state index in [0.717, 1.165) is 19.6 Å². The zero-order valence-corrected chi connectivity index (χ0v) is 14.0. The van der Waals surface area contributed by atoms with Crippen molar-refractivity contribution >= 4 is 34.0 Å². The van der Waals surface area contributed by atoms with Crippen molar-refractivity contribution < 1.29 is 9.31 Å². The molecule has 20 heavy (non-hydrogen) atoms. The fourth-order valence-electron chi connectivity index (χ4n) is 1.98. The summed E-state index contributed by atoms with van der Waals surface area (Å²) in [5.41, 5.74) is 0.134. The molecule has 0 aliphatic carbocycles. The molecule has 0 saturated heterocycles. The summed E-state index contributed by atoms with van der Waals surface area (Å²) >= 11 is 1.75. The van der Waals surface area contributed by atoms with Crippen LogP contribution in [0.2, 0.25) is 0 Å². The predicted molar refractivity (Wildman–Crippen MR) is 86.6 cm³/mol. The minimum atomic E-state index is -0.492. The van der Waals surface area contributed by atoms with Crippen molar-refractivity contribution in [3.8, 4) is 0 Å². The highest BCUT2D eigenvalue weighted by Gasteiger charge is 2.19. The van der Waals surface area contributed by atoms with E-state index >= 15 is 0 Å². The quantitative estimate of drug-likeness (QED) is 0.436. The molecule has 1 aromatic carbocycles. The van der Waals surface area contributed by atoms with E-state index in [0.29, 0.717) is 0 Å². The van der Waals surface area contributed by atoms with Gasteiger partial charge < -0.3 is 10.2 Å². The van der Waals surface area contributed by atoms with Crippen molar-refractivity contribution in [2.75, 3.05) is 25.0 Å². The average Bonchev–Trinajstić information content (AvgIpc) is 2.39. The highest BCUT2D eigenvalue weighted by atomic mass is 127. The lowest BCUT2D eigenvalue weighted by Gasteiger charge is -2.24. The number of hydrogen-bond donors (Lipinski definition) is 1. The Balaban J connectivity index is 2.90. The highest BCUT2D eigenvalue weighted by Crippen LogP contribution is 2.29. The minimum absolute atomic E-state index is 0.00642. The number of nitro benzene ring substituents is 1. The van der Waals surface area contributed by atoms with Gasteiger partial charge in [0.15, 0.2) is 0 Å². The largest absolute Gasteiger partial charge is 0.376 e. The average molecular weight is 395 g/mol. The summed E-state index contributed by atoms with van der Waals surface area (Å²) in [4.78, 5) is 12.7. The number of anilines is 1. The second-order valence-electron chi connectivity index (χ2n) is 4.57. The molecule has 0 saturated carbocycles. The Morgan fingerprint density at radius 1 is 1.45 bits per heavy atom. The molecule has 1 N–H and O–H groups in total. The molecule has 0 heterocycles. The van der Waals surface area contributed by atoms with E-state index in [9.17, 15) is 14.5 Å². The van der Waals surface area contributed by atoms with E-state index in [1.54, 1.807) is 22.6 Å². The minimum Gasteiger partial charge on any atom is -0.376 e. The van der Waals surface area contributed by atoms with Crippen LogP contribution in [0.3, 0.4) is 0 Å². The van der Waals surface area contributed by atoms with Crippen molar-refractivity contribution in [2.24, 2.45) is 0 Å². The van der Waals surface area contributed by atoms with E-state index < -0.39 is 10.7 Å².